The van der Waals surface area contributed by atoms with Crippen molar-refractivity contribution >= 4 is 5.69 Å². The Morgan fingerprint density at radius 2 is 2.12 bits per heavy atom. The molecule has 0 atom stereocenters. The van der Waals surface area contributed by atoms with Crippen molar-refractivity contribution in [3.05, 3.63) is 37.8 Å². The SMILES string of the molecule is Cc1c([N+](=O)[O-])cn(C(C)C)c(=O)c1C#N. The zero-order valence-electron chi connectivity index (χ0n) is 9.22. The molecule has 0 bridgehead atoms. The van der Waals surface area contributed by atoms with Gasteiger partial charge in [0.25, 0.3) is 11.2 Å². The fraction of sp³-hybridized carbons (Fsp3) is 0.400. The lowest BCUT2D eigenvalue weighted by atomic mass is 10.1. The molecule has 1 aromatic rings. The average Bonchev–Trinajstić information content (AvgIpc) is 2.17. The molecule has 0 N–H and O–H groups in total. The predicted molar refractivity (Wildman–Crippen MR) is 57.2 cm³/mol. The second kappa shape index (κ2) is 4.14. The minimum atomic E-state index is -0.589. The molecule has 1 aromatic heterocycles. The fourth-order valence-corrected chi connectivity index (χ4v) is 1.40. The minimum Gasteiger partial charge on any atom is -0.305 e. The van der Waals surface area contributed by atoms with Crippen molar-refractivity contribution in [3.8, 4) is 6.07 Å². The Balaban J connectivity index is 3.72. The molecule has 0 aliphatic carbocycles. The van der Waals surface area contributed by atoms with E-state index in [0.29, 0.717) is 0 Å². The summed E-state index contributed by atoms with van der Waals surface area (Å²) >= 11 is 0. The molecule has 0 radical (unpaired) electrons. The maximum absolute atomic E-state index is 11.8. The molecular formula is C10H11N3O3. The van der Waals surface area contributed by atoms with E-state index >= 15 is 0 Å². The van der Waals surface area contributed by atoms with Crippen LogP contribution in [0.15, 0.2) is 11.0 Å². The molecule has 84 valence electrons. The number of nitro groups is 1. The van der Waals surface area contributed by atoms with Crippen LogP contribution in [0.25, 0.3) is 0 Å². The van der Waals surface area contributed by atoms with E-state index < -0.39 is 10.5 Å². The summed E-state index contributed by atoms with van der Waals surface area (Å²) in [4.78, 5) is 21.9. The van der Waals surface area contributed by atoms with E-state index in [0.717, 1.165) is 0 Å². The van der Waals surface area contributed by atoms with Crippen molar-refractivity contribution in [1.29, 1.82) is 5.26 Å². The lowest BCUT2D eigenvalue weighted by Gasteiger charge is -2.11. The Bertz CT molecular complexity index is 537. The number of nitriles is 1. The van der Waals surface area contributed by atoms with Gasteiger partial charge in [-0.2, -0.15) is 5.26 Å². The highest BCUT2D eigenvalue weighted by molar-refractivity contribution is 5.47. The molecule has 0 amide bonds. The van der Waals surface area contributed by atoms with Crippen LogP contribution in [-0.4, -0.2) is 9.49 Å². The van der Waals surface area contributed by atoms with Gasteiger partial charge in [-0.25, -0.2) is 0 Å². The average molecular weight is 221 g/mol. The van der Waals surface area contributed by atoms with E-state index in [9.17, 15) is 14.9 Å². The fourth-order valence-electron chi connectivity index (χ4n) is 1.40. The molecule has 0 unspecified atom stereocenters. The Morgan fingerprint density at radius 3 is 2.50 bits per heavy atom. The van der Waals surface area contributed by atoms with Gasteiger partial charge in [0.2, 0.25) is 0 Å². The Kier molecular flexibility index (Phi) is 3.09. The summed E-state index contributed by atoms with van der Waals surface area (Å²) in [6, 6.07) is 1.49. The molecule has 0 saturated heterocycles. The molecular weight excluding hydrogens is 210 g/mol. The largest absolute Gasteiger partial charge is 0.305 e. The third kappa shape index (κ3) is 1.80. The van der Waals surface area contributed by atoms with E-state index in [-0.39, 0.29) is 22.9 Å². The Morgan fingerprint density at radius 1 is 1.56 bits per heavy atom. The van der Waals surface area contributed by atoms with E-state index in [1.165, 1.54) is 17.7 Å². The van der Waals surface area contributed by atoms with E-state index in [4.69, 9.17) is 5.26 Å². The number of nitrogens with zero attached hydrogens (tertiary/aromatic N) is 3. The zero-order valence-corrected chi connectivity index (χ0v) is 9.22. The summed E-state index contributed by atoms with van der Waals surface area (Å²) in [5.41, 5.74) is -0.734. The highest BCUT2D eigenvalue weighted by Gasteiger charge is 2.20. The third-order valence-corrected chi connectivity index (χ3v) is 2.33. The van der Waals surface area contributed by atoms with Gasteiger partial charge in [-0.1, -0.05) is 0 Å². The first-order valence-electron chi connectivity index (χ1n) is 4.70. The molecule has 0 saturated carbocycles. The first-order chi connectivity index (χ1) is 7.40. The topological polar surface area (TPSA) is 88.9 Å². The zero-order chi connectivity index (χ0) is 12.5. The van der Waals surface area contributed by atoms with E-state index in [1.807, 2.05) is 0 Å². The van der Waals surface area contributed by atoms with Crippen LogP contribution in [0, 0.1) is 28.4 Å². The lowest BCUT2D eigenvalue weighted by Crippen LogP contribution is -2.25. The van der Waals surface area contributed by atoms with E-state index in [1.54, 1.807) is 19.9 Å². The number of hydrogen-bond donors (Lipinski definition) is 0. The maximum Gasteiger partial charge on any atom is 0.289 e. The van der Waals surface area contributed by atoms with Gasteiger partial charge in [-0.3, -0.25) is 14.9 Å². The summed E-state index contributed by atoms with van der Waals surface area (Å²) in [5, 5.41) is 19.6. The van der Waals surface area contributed by atoms with Gasteiger partial charge in [0, 0.05) is 6.04 Å². The van der Waals surface area contributed by atoms with Gasteiger partial charge in [-0.15, -0.1) is 0 Å². The van der Waals surface area contributed by atoms with Crippen LogP contribution in [0.4, 0.5) is 5.69 Å². The summed E-state index contributed by atoms with van der Waals surface area (Å²) < 4.78 is 1.20. The summed E-state index contributed by atoms with van der Waals surface area (Å²) in [7, 11) is 0. The standard InChI is InChI=1S/C10H11N3O3/c1-6(2)12-5-9(13(15)16)7(3)8(4-11)10(12)14/h5-6H,1-3H3. The second-order valence-electron chi connectivity index (χ2n) is 3.69. The second-order valence-corrected chi connectivity index (χ2v) is 3.69. The number of pyridine rings is 1. The quantitative estimate of drug-likeness (QED) is 0.559. The molecule has 0 aromatic carbocycles. The van der Waals surface area contributed by atoms with Crippen LogP contribution >= 0.6 is 0 Å². The Labute approximate surface area is 91.9 Å². The van der Waals surface area contributed by atoms with Crippen LogP contribution in [0.2, 0.25) is 0 Å². The highest BCUT2D eigenvalue weighted by atomic mass is 16.6. The number of aromatic nitrogens is 1. The molecule has 6 heteroatoms. The van der Waals surface area contributed by atoms with Gasteiger partial charge >= 0.3 is 0 Å². The number of hydrogen-bond acceptors (Lipinski definition) is 4. The molecule has 0 spiro atoms. The van der Waals surface area contributed by atoms with Crippen LogP contribution in [0.1, 0.15) is 31.0 Å². The molecule has 6 nitrogen and oxygen atoms in total. The van der Waals surface area contributed by atoms with Gasteiger partial charge in [0.05, 0.1) is 16.7 Å². The van der Waals surface area contributed by atoms with Gasteiger partial charge in [0.1, 0.15) is 11.6 Å². The number of rotatable bonds is 2. The summed E-state index contributed by atoms with van der Waals surface area (Å²) in [5.74, 6) is 0. The molecule has 1 rings (SSSR count). The summed E-state index contributed by atoms with van der Waals surface area (Å²) in [6.07, 6.45) is 1.18. The van der Waals surface area contributed by atoms with Crippen molar-refractivity contribution in [2.24, 2.45) is 0 Å². The van der Waals surface area contributed by atoms with Crippen LogP contribution in [0.3, 0.4) is 0 Å². The maximum atomic E-state index is 11.8. The van der Waals surface area contributed by atoms with Crippen molar-refractivity contribution in [3.63, 3.8) is 0 Å². The van der Waals surface area contributed by atoms with Crippen LogP contribution in [0.5, 0.6) is 0 Å². The normalized spacial score (nSPS) is 10.2. The molecule has 0 aliphatic rings. The van der Waals surface area contributed by atoms with Crippen molar-refractivity contribution in [1.82, 2.24) is 4.57 Å². The monoisotopic (exact) mass is 221 g/mol. The molecule has 0 fully saturated rings. The van der Waals surface area contributed by atoms with E-state index in [2.05, 4.69) is 0 Å². The third-order valence-electron chi connectivity index (χ3n) is 2.33. The minimum absolute atomic E-state index is 0.120. The smallest absolute Gasteiger partial charge is 0.289 e. The van der Waals surface area contributed by atoms with Gasteiger partial charge in [-0.05, 0) is 20.8 Å². The lowest BCUT2D eigenvalue weighted by molar-refractivity contribution is -0.386. The van der Waals surface area contributed by atoms with Crippen LogP contribution in [-0.2, 0) is 0 Å². The molecule has 16 heavy (non-hydrogen) atoms. The highest BCUT2D eigenvalue weighted by Crippen LogP contribution is 2.19. The Hall–Kier alpha value is -2.16. The first kappa shape index (κ1) is 11.9. The van der Waals surface area contributed by atoms with Gasteiger partial charge < -0.3 is 4.57 Å². The first-order valence-corrected chi connectivity index (χ1v) is 4.70. The summed E-state index contributed by atoms with van der Waals surface area (Å²) in [6.45, 7) is 4.85. The van der Waals surface area contributed by atoms with Crippen molar-refractivity contribution in [2.45, 2.75) is 26.8 Å². The molecule has 1 heterocycles. The molecule has 0 aliphatic heterocycles. The van der Waals surface area contributed by atoms with Crippen molar-refractivity contribution in [2.75, 3.05) is 0 Å². The predicted octanol–water partition coefficient (Wildman–Crippen LogP) is 1.52. The van der Waals surface area contributed by atoms with Gasteiger partial charge in [0.15, 0.2) is 0 Å². The van der Waals surface area contributed by atoms with Crippen LogP contribution < -0.4 is 5.56 Å². The van der Waals surface area contributed by atoms with Crippen molar-refractivity contribution < 1.29 is 4.92 Å².